The molecular formula is C10H16N4. The number of aromatic nitrogens is 2. The molecule has 1 aromatic rings. The Morgan fingerprint density at radius 2 is 2.29 bits per heavy atom. The van der Waals surface area contributed by atoms with Gasteiger partial charge in [0.25, 0.3) is 0 Å². The molecule has 1 rings (SSSR count). The van der Waals surface area contributed by atoms with Gasteiger partial charge in [-0.2, -0.15) is 10.4 Å². The smallest absolute Gasteiger partial charge is 0.148 e. The maximum absolute atomic E-state index is 8.83. The number of rotatable bonds is 3. The van der Waals surface area contributed by atoms with Crippen molar-refractivity contribution in [2.45, 2.75) is 33.7 Å². The van der Waals surface area contributed by atoms with E-state index in [-0.39, 0.29) is 5.41 Å². The summed E-state index contributed by atoms with van der Waals surface area (Å²) < 4.78 is 1.80. The number of hydrogen-bond donors (Lipinski definition) is 1. The SMILES string of the molecule is Cc1cn(CCC(C)(C)C#N)nc1N. The van der Waals surface area contributed by atoms with Crippen LogP contribution in [0.3, 0.4) is 0 Å². The standard InChI is InChI=1S/C10H16N4/c1-8-6-14(13-9(8)12)5-4-10(2,3)7-11/h6H,4-5H2,1-3H3,(H2,12,13). The lowest BCUT2D eigenvalue weighted by Crippen LogP contribution is -2.12. The van der Waals surface area contributed by atoms with Crippen LogP contribution in [0.4, 0.5) is 5.82 Å². The van der Waals surface area contributed by atoms with Crippen molar-refractivity contribution in [2.24, 2.45) is 5.41 Å². The molecule has 4 nitrogen and oxygen atoms in total. The molecule has 1 aromatic heterocycles. The summed E-state index contributed by atoms with van der Waals surface area (Å²) in [4.78, 5) is 0. The lowest BCUT2D eigenvalue weighted by Gasteiger charge is -2.14. The van der Waals surface area contributed by atoms with Crippen LogP contribution in [0.5, 0.6) is 0 Å². The summed E-state index contributed by atoms with van der Waals surface area (Å²) in [6.07, 6.45) is 2.69. The predicted octanol–water partition coefficient (Wildman–Crippen LogP) is 1.71. The van der Waals surface area contributed by atoms with Crippen LogP contribution in [0.25, 0.3) is 0 Å². The van der Waals surface area contributed by atoms with Crippen molar-refractivity contribution >= 4 is 5.82 Å². The Hall–Kier alpha value is -1.50. The fourth-order valence-corrected chi connectivity index (χ4v) is 1.10. The Bertz CT molecular complexity index is 337. The second kappa shape index (κ2) is 3.70. The van der Waals surface area contributed by atoms with E-state index in [1.807, 2.05) is 27.0 Å². The molecule has 0 atom stereocenters. The predicted molar refractivity (Wildman–Crippen MR) is 55.4 cm³/mol. The highest BCUT2D eigenvalue weighted by molar-refractivity contribution is 5.35. The molecule has 0 radical (unpaired) electrons. The minimum Gasteiger partial charge on any atom is -0.382 e. The van der Waals surface area contributed by atoms with Crippen molar-refractivity contribution < 1.29 is 0 Å². The first-order chi connectivity index (χ1) is 6.44. The van der Waals surface area contributed by atoms with E-state index in [9.17, 15) is 0 Å². The van der Waals surface area contributed by atoms with Crippen LogP contribution < -0.4 is 5.73 Å². The molecule has 0 fully saturated rings. The molecule has 4 heteroatoms. The number of aryl methyl sites for hydroxylation is 2. The first kappa shape index (κ1) is 10.6. The number of nitrogen functional groups attached to an aromatic ring is 1. The van der Waals surface area contributed by atoms with Crippen molar-refractivity contribution in [3.8, 4) is 6.07 Å². The summed E-state index contributed by atoms with van der Waals surface area (Å²) in [6, 6.07) is 2.26. The van der Waals surface area contributed by atoms with Gasteiger partial charge in [-0.1, -0.05) is 0 Å². The summed E-state index contributed by atoms with van der Waals surface area (Å²) in [6.45, 7) is 6.51. The van der Waals surface area contributed by atoms with Crippen molar-refractivity contribution in [3.63, 3.8) is 0 Å². The van der Waals surface area contributed by atoms with Gasteiger partial charge >= 0.3 is 0 Å². The Morgan fingerprint density at radius 3 is 2.71 bits per heavy atom. The van der Waals surface area contributed by atoms with Gasteiger partial charge in [0, 0.05) is 18.3 Å². The number of anilines is 1. The molecule has 0 aromatic carbocycles. The van der Waals surface area contributed by atoms with Gasteiger partial charge in [0.05, 0.1) is 11.5 Å². The minimum atomic E-state index is -0.297. The highest BCUT2D eigenvalue weighted by Crippen LogP contribution is 2.19. The van der Waals surface area contributed by atoms with Gasteiger partial charge in [-0.25, -0.2) is 0 Å². The lowest BCUT2D eigenvalue weighted by molar-refractivity contribution is 0.399. The molecule has 0 aliphatic carbocycles. The summed E-state index contributed by atoms with van der Waals surface area (Å²) in [5.74, 6) is 0.569. The first-order valence-electron chi connectivity index (χ1n) is 4.65. The number of nitrogens with two attached hydrogens (primary N) is 1. The van der Waals surface area contributed by atoms with E-state index in [0.29, 0.717) is 5.82 Å². The van der Waals surface area contributed by atoms with Crippen molar-refractivity contribution in [2.75, 3.05) is 5.73 Å². The molecule has 14 heavy (non-hydrogen) atoms. The van der Waals surface area contributed by atoms with E-state index in [1.165, 1.54) is 0 Å². The Labute approximate surface area is 84.3 Å². The average molecular weight is 192 g/mol. The summed E-state index contributed by atoms with van der Waals surface area (Å²) >= 11 is 0. The zero-order valence-corrected chi connectivity index (χ0v) is 8.91. The highest BCUT2D eigenvalue weighted by Gasteiger charge is 2.16. The maximum atomic E-state index is 8.83. The van der Waals surface area contributed by atoms with E-state index in [2.05, 4.69) is 11.2 Å². The minimum absolute atomic E-state index is 0.297. The second-order valence-corrected chi connectivity index (χ2v) is 4.21. The van der Waals surface area contributed by atoms with Crippen LogP contribution in [-0.2, 0) is 6.54 Å². The summed E-state index contributed by atoms with van der Waals surface area (Å²) in [7, 11) is 0. The Balaban J connectivity index is 2.59. The van der Waals surface area contributed by atoms with Gasteiger partial charge in [-0.15, -0.1) is 0 Å². The monoisotopic (exact) mass is 192 g/mol. The van der Waals surface area contributed by atoms with Crippen molar-refractivity contribution in [1.82, 2.24) is 9.78 Å². The third-order valence-electron chi connectivity index (χ3n) is 2.25. The normalized spacial score (nSPS) is 11.3. The molecule has 0 saturated heterocycles. The molecule has 1 heterocycles. The molecular weight excluding hydrogens is 176 g/mol. The maximum Gasteiger partial charge on any atom is 0.148 e. The molecule has 0 saturated carbocycles. The van der Waals surface area contributed by atoms with Gasteiger partial charge in [-0.3, -0.25) is 4.68 Å². The Morgan fingerprint density at radius 1 is 1.64 bits per heavy atom. The largest absolute Gasteiger partial charge is 0.382 e. The van der Waals surface area contributed by atoms with Gasteiger partial charge in [0.1, 0.15) is 5.82 Å². The van der Waals surface area contributed by atoms with Crippen molar-refractivity contribution in [1.29, 1.82) is 5.26 Å². The zero-order chi connectivity index (χ0) is 10.8. The van der Waals surface area contributed by atoms with E-state index >= 15 is 0 Å². The molecule has 0 spiro atoms. The van der Waals surface area contributed by atoms with Crippen molar-refractivity contribution in [3.05, 3.63) is 11.8 Å². The van der Waals surface area contributed by atoms with Crippen LogP contribution >= 0.6 is 0 Å². The van der Waals surface area contributed by atoms with Gasteiger partial charge < -0.3 is 5.73 Å². The molecule has 0 aliphatic heterocycles. The van der Waals surface area contributed by atoms with Gasteiger partial charge in [0.2, 0.25) is 0 Å². The Kier molecular flexibility index (Phi) is 2.80. The van der Waals surface area contributed by atoms with E-state index in [0.717, 1.165) is 18.5 Å². The second-order valence-electron chi connectivity index (χ2n) is 4.21. The summed E-state index contributed by atoms with van der Waals surface area (Å²) in [5.41, 5.74) is 6.30. The molecule has 0 bridgehead atoms. The van der Waals surface area contributed by atoms with E-state index in [1.54, 1.807) is 4.68 Å². The molecule has 76 valence electrons. The van der Waals surface area contributed by atoms with Crippen LogP contribution in [0, 0.1) is 23.7 Å². The van der Waals surface area contributed by atoms with Gasteiger partial charge in [0.15, 0.2) is 0 Å². The summed E-state index contributed by atoms with van der Waals surface area (Å²) in [5, 5.41) is 13.0. The van der Waals surface area contributed by atoms with E-state index in [4.69, 9.17) is 11.0 Å². The van der Waals surface area contributed by atoms with Gasteiger partial charge in [-0.05, 0) is 27.2 Å². The van der Waals surface area contributed by atoms with E-state index < -0.39 is 0 Å². The third kappa shape index (κ3) is 2.49. The quantitative estimate of drug-likeness (QED) is 0.792. The van der Waals surface area contributed by atoms with Crippen LogP contribution in [0.1, 0.15) is 25.8 Å². The fraction of sp³-hybridized carbons (Fsp3) is 0.600. The third-order valence-corrected chi connectivity index (χ3v) is 2.25. The van der Waals surface area contributed by atoms with Crippen LogP contribution in [-0.4, -0.2) is 9.78 Å². The molecule has 0 aliphatic rings. The lowest BCUT2D eigenvalue weighted by atomic mass is 9.92. The zero-order valence-electron chi connectivity index (χ0n) is 8.91. The first-order valence-corrected chi connectivity index (χ1v) is 4.65. The van der Waals surface area contributed by atoms with Crippen LogP contribution in [0.2, 0.25) is 0 Å². The average Bonchev–Trinajstić information content (AvgIpc) is 2.44. The molecule has 2 N–H and O–H groups in total. The molecule has 0 unspecified atom stereocenters. The van der Waals surface area contributed by atoms with Crippen LogP contribution in [0.15, 0.2) is 6.20 Å². The fourth-order valence-electron chi connectivity index (χ4n) is 1.10. The number of nitrogens with zero attached hydrogens (tertiary/aromatic N) is 3. The molecule has 0 amide bonds. The number of nitriles is 1. The number of hydrogen-bond acceptors (Lipinski definition) is 3. The highest BCUT2D eigenvalue weighted by atomic mass is 15.3. The topological polar surface area (TPSA) is 67.6 Å².